The Morgan fingerprint density at radius 2 is 1.71 bits per heavy atom. The largest absolute Gasteiger partial charge is 0.342 e. The van der Waals surface area contributed by atoms with Gasteiger partial charge in [0.15, 0.2) is 0 Å². The average molecular weight is 235 g/mol. The van der Waals surface area contributed by atoms with E-state index in [4.69, 9.17) is 0 Å². The fourth-order valence-electron chi connectivity index (χ4n) is 4.63. The van der Waals surface area contributed by atoms with Gasteiger partial charge in [-0.1, -0.05) is 20.8 Å². The Bertz CT molecular complexity index is 319. The molecule has 0 aromatic heterocycles. The van der Waals surface area contributed by atoms with Gasteiger partial charge in [0.2, 0.25) is 5.91 Å². The Morgan fingerprint density at radius 1 is 1.18 bits per heavy atom. The molecule has 1 heterocycles. The molecule has 0 aromatic rings. The van der Waals surface area contributed by atoms with Crippen molar-refractivity contribution in [2.75, 3.05) is 13.1 Å². The van der Waals surface area contributed by atoms with E-state index in [2.05, 4.69) is 25.7 Å². The van der Waals surface area contributed by atoms with Gasteiger partial charge in [-0.15, -0.1) is 0 Å². The molecule has 0 aromatic carbocycles. The SMILES string of the molecule is CC(C)C1CCN(C(=O)C23CC(C)(C2)C3)CC1. The van der Waals surface area contributed by atoms with E-state index in [9.17, 15) is 4.79 Å². The highest BCUT2D eigenvalue weighted by Crippen LogP contribution is 2.73. The second-order valence-corrected chi connectivity index (χ2v) is 7.49. The van der Waals surface area contributed by atoms with Crippen molar-refractivity contribution in [3.63, 3.8) is 0 Å². The standard InChI is InChI=1S/C15H25NO/c1-11(2)12-4-6-16(7-5-12)13(17)15-8-14(3,9-15)10-15/h11-12H,4-10H2,1-3H3. The van der Waals surface area contributed by atoms with Gasteiger partial charge in [0, 0.05) is 13.1 Å². The monoisotopic (exact) mass is 235 g/mol. The normalized spacial score (nSPS) is 41.1. The minimum absolute atomic E-state index is 0.111. The Balaban J connectivity index is 1.55. The van der Waals surface area contributed by atoms with Crippen LogP contribution in [0.25, 0.3) is 0 Å². The van der Waals surface area contributed by atoms with Crippen molar-refractivity contribution in [1.82, 2.24) is 4.90 Å². The van der Waals surface area contributed by atoms with Crippen molar-refractivity contribution < 1.29 is 4.79 Å². The Hall–Kier alpha value is -0.530. The van der Waals surface area contributed by atoms with Crippen LogP contribution in [0.5, 0.6) is 0 Å². The van der Waals surface area contributed by atoms with Crippen LogP contribution in [0.15, 0.2) is 0 Å². The number of hydrogen-bond acceptors (Lipinski definition) is 1. The summed E-state index contributed by atoms with van der Waals surface area (Å²) in [5, 5.41) is 0. The summed E-state index contributed by atoms with van der Waals surface area (Å²) in [6.07, 6.45) is 5.95. The predicted octanol–water partition coefficient (Wildman–Crippen LogP) is 3.07. The van der Waals surface area contributed by atoms with Gasteiger partial charge < -0.3 is 4.90 Å². The first-order valence-electron chi connectivity index (χ1n) is 7.24. The van der Waals surface area contributed by atoms with Gasteiger partial charge in [0.1, 0.15) is 0 Å². The Morgan fingerprint density at radius 3 is 2.12 bits per heavy atom. The van der Waals surface area contributed by atoms with Crippen LogP contribution in [0.1, 0.15) is 52.9 Å². The molecule has 96 valence electrons. The number of hydrogen-bond donors (Lipinski definition) is 0. The summed E-state index contributed by atoms with van der Waals surface area (Å²) in [6.45, 7) is 8.97. The van der Waals surface area contributed by atoms with Crippen LogP contribution in [0.4, 0.5) is 0 Å². The molecule has 3 aliphatic carbocycles. The third-order valence-corrected chi connectivity index (χ3v) is 5.52. The third-order valence-electron chi connectivity index (χ3n) is 5.52. The summed E-state index contributed by atoms with van der Waals surface area (Å²) >= 11 is 0. The van der Waals surface area contributed by atoms with E-state index in [-0.39, 0.29) is 5.41 Å². The molecular weight excluding hydrogens is 210 g/mol. The molecule has 4 rings (SSSR count). The molecule has 0 unspecified atom stereocenters. The number of carbonyl (C=O) groups excluding carboxylic acids is 1. The molecular formula is C15H25NO. The van der Waals surface area contributed by atoms with E-state index in [1.165, 1.54) is 32.1 Å². The van der Waals surface area contributed by atoms with E-state index in [1.54, 1.807) is 0 Å². The molecule has 4 fully saturated rings. The highest BCUT2D eigenvalue weighted by molar-refractivity contribution is 5.86. The van der Waals surface area contributed by atoms with Gasteiger partial charge in [-0.3, -0.25) is 4.79 Å². The summed E-state index contributed by atoms with van der Waals surface area (Å²) in [7, 11) is 0. The number of carbonyl (C=O) groups is 1. The van der Waals surface area contributed by atoms with Crippen molar-refractivity contribution >= 4 is 5.91 Å². The minimum Gasteiger partial charge on any atom is -0.342 e. The molecule has 0 N–H and O–H groups in total. The van der Waals surface area contributed by atoms with E-state index >= 15 is 0 Å². The number of amides is 1. The molecule has 2 nitrogen and oxygen atoms in total. The van der Waals surface area contributed by atoms with Crippen LogP contribution in [0.2, 0.25) is 0 Å². The average Bonchev–Trinajstić information content (AvgIpc) is 2.23. The summed E-state index contributed by atoms with van der Waals surface area (Å²) < 4.78 is 0. The first kappa shape index (κ1) is 11.6. The van der Waals surface area contributed by atoms with E-state index in [1.807, 2.05) is 0 Å². The van der Waals surface area contributed by atoms with Crippen LogP contribution in [0.3, 0.4) is 0 Å². The zero-order chi connectivity index (χ0) is 12.3. The van der Waals surface area contributed by atoms with Crippen molar-refractivity contribution in [1.29, 1.82) is 0 Å². The number of nitrogens with zero attached hydrogens (tertiary/aromatic N) is 1. The highest BCUT2D eigenvalue weighted by Gasteiger charge is 2.69. The molecule has 0 atom stereocenters. The summed E-state index contributed by atoms with van der Waals surface area (Å²) in [5.41, 5.74) is 0.658. The van der Waals surface area contributed by atoms with Crippen molar-refractivity contribution in [3.05, 3.63) is 0 Å². The lowest BCUT2D eigenvalue weighted by atomic mass is 9.35. The summed E-state index contributed by atoms with van der Waals surface area (Å²) in [6, 6.07) is 0. The number of piperidine rings is 1. The van der Waals surface area contributed by atoms with E-state index < -0.39 is 0 Å². The van der Waals surface area contributed by atoms with Gasteiger partial charge in [0.05, 0.1) is 5.41 Å². The second kappa shape index (κ2) is 3.49. The first-order valence-corrected chi connectivity index (χ1v) is 7.24. The third kappa shape index (κ3) is 1.63. The molecule has 3 saturated carbocycles. The van der Waals surface area contributed by atoms with E-state index in [0.29, 0.717) is 11.3 Å². The van der Waals surface area contributed by atoms with Crippen LogP contribution in [-0.2, 0) is 4.79 Å². The van der Waals surface area contributed by atoms with Gasteiger partial charge in [-0.25, -0.2) is 0 Å². The second-order valence-electron chi connectivity index (χ2n) is 7.49. The van der Waals surface area contributed by atoms with Crippen LogP contribution in [0, 0.1) is 22.7 Å². The van der Waals surface area contributed by atoms with Gasteiger partial charge in [0.25, 0.3) is 0 Å². The molecule has 1 saturated heterocycles. The maximum absolute atomic E-state index is 12.5. The highest BCUT2D eigenvalue weighted by atomic mass is 16.2. The minimum atomic E-state index is 0.111. The predicted molar refractivity (Wildman–Crippen MR) is 68.5 cm³/mol. The van der Waals surface area contributed by atoms with Crippen LogP contribution >= 0.6 is 0 Å². The van der Waals surface area contributed by atoms with Gasteiger partial charge >= 0.3 is 0 Å². The topological polar surface area (TPSA) is 20.3 Å². The van der Waals surface area contributed by atoms with Gasteiger partial charge in [-0.2, -0.15) is 0 Å². The van der Waals surface area contributed by atoms with Crippen molar-refractivity contribution in [2.24, 2.45) is 22.7 Å². The molecule has 1 aliphatic heterocycles. The Kier molecular flexibility index (Phi) is 2.37. The smallest absolute Gasteiger partial charge is 0.228 e. The summed E-state index contributed by atoms with van der Waals surface area (Å²) in [5.74, 6) is 2.11. The van der Waals surface area contributed by atoms with Crippen LogP contribution < -0.4 is 0 Å². The fourth-order valence-corrected chi connectivity index (χ4v) is 4.63. The maximum atomic E-state index is 12.5. The van der Waals surface area contributed by atoms with Crippen molar-refractivity contribution in [3.8, 4) is 0 Å². The number of rotatable bonds is 2. The zero-order valence-corrected chi connectivity index (χ0v) is 11.5. The lowest BCUT2D eigenvalue weighted by Crippen LogP contribution is -2.67. The maximum Gasteiger partial charge on any atom is 0.228 e. The molecule has 0 spiro atoms. The van der Waals surface area contributed by atoms with Crippen LogP contribution in [-0.4, -0.2) is 23.9 Å². The zero-order valence-electron chi connectivity index (χ0n) is 11.5. The molecule has 1 amide bonds. The fraction of sp³-hybridized carbons (Fsp3) is 0.933. The molecule has 2 bridgehead atoms. The molecule has 0 radical (unpaired) electrons. The lowest BCUT2D eigenvalue weighted by Gasteiger charge is -2.69. The van der Waals surface area contributed by atoms with E-state index in [0.717, 1.165) is 24.9 Å². The molecule has 17 heavy (non-hydrogen) atoms. The summed E-state index contributed by atoms with van der Waals surface area (Å²) in [4.78, 5) is 14.6. The quantitative estimate of drug-likeness (QED) is 0.720. The number of likely N-dealkylation sites (tertiary alicyclic amines) is 1. The first-order chi connectivity index (χ1) is 7.94. The lowest BCUT2D eigenvalue weighted by molar-refractivity contribution is -0.210. The van der Waals surface area contributed by atoms with Gasteiger partial charge in [-0.05, 0) is 49.4 Å². The molecule has 4 aliphatic rings. The molecule has 2 heteroatoms. The Labute approximate surface area is 105 Å². The van der Waals surface area contributed by atoms with Crippen molar-refractivity contribution in [2.45, 2.75) is 52.9 Å².